The maximum absolute atomic E-state index is 12.7. The predicted molar refractivity (Wildman–Crippen MR) is 88.5 cm³/mol. The van der Waals surface area contributed by atoms with Crippen LogP contribution in [0, 0.1) is 0 Å². The van der Waals surface area contributed by atoms with E-state index < -0.39 is 17.6 Å². The number of aromatic nitrogens is 2. The first-order chi connectivity index (χ1) is 11.8. The Labute approximate surface area is 143 Å². The highest BCUT2D eigenvalue weighted by molar-refractivity contribution is 6.02. The summed E-state index contributed by atoms with van der Waals surface area (Å²) in [6.07, 6.45) is -1.81. The van der Waals surface area contributed by atoms with E-state index in [-0.39, 0.29) is 11.4 Å². The largest absolute Gasteiger partial charge is 0.416 e. The first kappa shape index (κ1) is 18.7. The molecule has 0 fully saturated rings. The Morgan fingerprint density at radius 2 is 1.96 bits per heavy atom. The second-order valence-electron chi connectivity index (χ2n) is 5.55. The summed E-state index contributed by atoms with van der Waals surface area (Å²) in [4.78, 5) is 22.1. The summed E-state index contributed by atoms with van der Waals surface area (Å²) in [6.45, 7) is 1.47. The highest BCUT2D eigenvalue weighted by Crippen LogP contribution is 2.30. The molecular weight excluding hydrogens is 335 g/mol. The summed E-state index contributed by atoms with van der Waals surface area (Å²) in [5.41, 5.74) is -0.790. The van der Waals surface area contributed by atoms with Crippen molar-refractivity contribution in [3.8, 4) is 0 Å². The van der Waals surface area contributed by atoms with E-state index in [1.807, 2.05) is 19.0 Å². The number of carbonyl (C=O) groups excluding carboxylic acids is 1. The Balaban J connectivity index is 1.99. The van der Waals surface area contributed by atoms with Crippen LogP contribution in [0.25, 0.3) is 0 Å². The third-order valence-electron chi connectivity index (χ3n) is 3.20. The van der Waals surface area contributed by atoms with Gasteiger partial charge < -0.3 is 15.5 Å². The Bertz CT molecular complexity index is 716. The lowest BCUT2D eigenvalue weighted by Gasteiger charge is -2.11. The molecule has 1 amide bonds. The van der Waals surface area contributed by atoms with E-state index in [2.05, 4.69) is 20.6 Å². The SMILES string of the molecule is CN(C)CCNc1cnc(C(=O)Nc2cccc(C(F)(F)F)c2)cn1. The van der Waals surface area contributed by atoms with Crippen LogP contribution in [0.15, 0.2) is 36.7 Å². The van der Waals surface area contributed by atoms with Gasteiger partial charge in [-0.3, -0.25) is 4.79 Å². The summed E-state index contributed by atoms with van der Waals surface area (Å²) < 4.78 is 38.0. The molecule has 0 aliphatic heterocycles. The quantitative estimate of drug-likeness (QED) is 0.836. The van der Waals surface area contributed by atoms with Gasteiger partial charge in [0.15, 0.2) is 0 Å². The van der Waals surface area contributed by atoms with Crippen LogP contribution in [0.5, 0.6) is 0 Å². The molecule has 0 saturated heterocycles. The third kappa shape index (κ3) is 5.71. The fraction of sp³-hybridized carbons (Fsp3) is 0.312. The van der Waals surface area contributed by atoms with Crippen LogP contribution >= 0.6 is 0 Å². The van der Waals surface area contributed by atoms with Crippen LogP contribution < -0.4 is 10.6 Å². The average Bonchev–Trinajstić information content (AvgIpc) is 2.54. The van der Waals surface area contributed by atoms with Crippen LogP contribution in [-0.4, -0.2) is 48.0 Å². The first-order valence-electron chi connectivity index (χ1n) is 7.45. The summed E-state index contributed by atoms with van der Waals surface area (Å²) >= 11 is 0. The van der Waals surface area contributed by atoms with Crippen LogP contribution in [0.3, 0.4) is 0 Å². The number of amides is 1. The Hall–Kier alpha value is -2.68. The van der Waals surface area contributed by atoms with Crippen LogP contribution in [0.4, 0.5) is 24.7 Å². The summed E-state index contributed by atoms with van der Waals surface area (Å²) in [6, 6.07) is 4.39. The molecule has 0 saturated carbocycles. The number of benzene rings is 1. The number of carbonyl (C=O) groups is 1. The molecular formula is C16H18F3N5O. The molecule has 0 aliphatic rings. The zero-order chi connectivity index (χ0) is 18.4. The van der Waals surface area contributed by atoms with E-state index in [1.165, 1.54) is 24.5 Å². The summed E-state index contributed by atoms with van der Waals surface area (Å²) in [7, 11) is 3.88. The Kier molecular flexibility index (Phi) is 5.92. The number of halogens is 3. The predicted octanol–water partition coefficient (Wildman–Crippen LogP) is 2.72. The molecule has 1 heterocycles. The fourth-order valence-electron chi connectivity index (χ4n) is 1.91. The molecule has 9 heteroatoms. The molecule has 2 rings (SSSR count). The molecule has 0 radical (unpaired) electrons. The van der Waals surface area contributed by atoms with Gasteiger partial charge in [-0.05, 0) is 32.3 Å². The lowest BCUT2D eigenvalue weighted by atomic mass is 10.2. The van der Waals surface area contributed by atoms with E-state index in [4.69, 9.17) is 0 Å². The smallest absolute Gasteiger partial charge is 0.368 e. The first-order valence-corrected chi connectivity index (χ1v) is 7.45. The number of likely N-dealkylation sites (N-methyl/N-ethyl adjacent to an activating group) is 1. The fourth-order valence-corrected chi connectivity index (χ4v) is 1.91. The van der Waals surface area contributed by atoms with Gasteiger partial charge in [-0.2, -0.15) is 13.2 Å². The molecule has 0 bridgehead atoms. The molecule has 134 valence electrons. The van der Waals surface area contributed by atoms with Crippen LogP contribution in [0.1, 0.15) is 16.1 Å². The van der Waals surface area contributed by atoms with E-state index in [1.54, 1.807) is 0 Å². The summed E-state index contributed by atoms with van der Waals surface area (Å²) in [5.74, 6) is -0.121. The number of alkyl halides is 3. The van der Waals surface area contributed by atoms with Crippen molar-refractivity contribution in [3.05, 3.63) is 47.9 Å². The summed E-state index contributed by atoms with van der Waals surface area (Å²) in [5, 5.41) is 5.42. The molecule has 1 aromatic carbocycles. The van der Waals surface area contributed by atoms with Gasteiger partial charge in [0, 0.05) is 18.8 Å². The van der Waals surface area contributed by atoms with Crippen molar-refractivity contribution in [2.24, 2.45) is 0 Å². The molecule has 0 aliphatic carbocycles. The zero-order valence-corrected chi connectivity index (χ0v) is 13.8. The van der Waals surface area contributed by atoms with Gasteiger partial charge in [-0.15, -0.1) is 0 Å². The van der Waals surface area contributed by atoms with Gasteiger partial charge in [0.1, 0.15) is 11.5 Å². The lowest BCUT2D eigenvalue weighted by molar-refractivity contribution is -0.137. The number of hydrogen-bond donors (Lipinski definition) is 2. The molecule has 6 nitrogen and oxygen atoms in total. The van der Waals surface area contributed by atoms with E-state index >= 15 is 0 Å². The topological polar surface area (TPSA) is 70.2 Å². The molecule has 0 spiro atoms. The minimum absolute atomic E-state index is 0.00979. The number of rotatable bonds is 6. The monoisotopic (exact) mass is 353 g/mol. The second-order valence-corrected chi connectivity index (χ2v) is 5.55. The number of nitrogens with zero attached hydrogens (tertiary/aromatic N) is 3. The normalized spacial score (nSPS) is 11.4. The van der Waals surface area contributed by atoms with Crippen molar-refractivity contribution in [2.75, 3.05) is 37.8 Å². The standard InChI is InChI=1S/C16H18F3N5O/c1-24(2)7-6-20-14-10-21-13(9-22-14)15(25)23-12-5-3-4-11(8-12)16(17,18)19/h3-5,8-10H,6-7H2,1-2H3,(H,20,22)(H,23,25). The molecule has 1 aromatic heterocycles. The van der Waals surface area contributed by atoms with Gasteiger partial charge in [0.2, 0.25) is 0 Å². The van der Waals surface area contributed by atoms with Crippen LogP contribution in [-0.2, 0) is 6.18 Å². The highest BCUT2D eigenvalue weighted by atomic mass is 19.4. The van der Waals surface area contributed by atoms with E-state index in [0.29, 0.717) is 12.4 Å². The highest BCUT2D eigenvalue weighted by Gasteiger charge is 2.30. The van der Waals surface area contributed by atoms with Gasteiger partial charge in [0.05, 0.1) is 18.0 Å². The third-order valence-corrected chi connectivity index (χ3v) is 3.20. The molecule has 0 unspecified atom stereocenters. The lowest BCUT2D eigenvalue weighted by Crippen LogP contribution is -2.21. The molecule has 2 aromatic rings. The van der Waals surface area contributed by atoms with Crippen LogP contribution in [0.2, 0.25) is 0 Å². The minimum atomic E-state index is -4.47. The average molecular weight is 353 g/mol. The van der Waals surface area contributed by atoms with Crippen molar-refractivity contribution >= 4 is 17.4 Å². The maximum atomic E-state index is 12.7. The van der Waals surface area contributed by atoms with E-state index in [9.17, 15) is 18.0 Å². The van der Waals surface area contributed by atoms with Crippen molar-refractivity contribution < 1.29 is 18.0 Å². The van der Waals surface area contributed by atoms with E-state index in [0.717, 1.165) is 18.7 Å². The van der Waals surface area contributed by atoms with Crippen molar-refractivity contribution in [1.82, 2.24) is 14.9 Å². The van der Waals surface area contributed by atoms with Crippen molar-refractivity contribution in [2.45, 2.75) is 6.18 Å². The molecule has 0 atom stereocenters. The Morgan fingerprint density at radius 1 is 1.20 bits per heavy atom. The minimum Gasteiger partial charge on any atom is -0.368 e. The molecule has 2 N–H and O–H groups in total. The maximum Gasteiger partial charge on any atom is 0.416 e. The van der Waals surface area contributed by atoms with Gasteiger partial charge in [0.25, 0.3) is 5.91 Å². The number of anilines is 2. The van der Waals surface area contributed by atoms with Gasteiger partial charge in [-0.1, -0.05) is 6.07 Å². The number of nitrogens with one attached hydrogen (secondary N) is 2. The van der Waals surface area contributed by atoms with Gasteiger partial charge in [-0.25, -0.2) is 9.97 Å². The molecule has 25 heavy (non-hydrogen) atoms. The Morgan fingerprint density at radius 3 is 2.56 bits per heavy atom. The van der Waals surface area contributed by atoms with Crippen molar-refractivity contribution in [1.29, 1.82) is 0 Å². The number of hydrogen-bond acceptors (Lipinski definition) is 5. The second kappa shape index (κ2) is 7.93. The van der Waals surface area contributed by atoms with Crippen molar-refractivity contribution in [3.63, 3.8) is 0 Å². The van der Waals surface area contributed by atoms with Gasteiger partial charge >= 0.3 is 6.18 Å². The zero-order valence-electron chi connectivity index (χ0n) is 13.8.